The Morgan fingerprint density at radius 3 is 2.75 bits per heavy atom. The molecule has 0 saturated heterocycles. The molecule has 1 aromatic carbocycles. The molecular weight excluding hydrogens is 306 g/mol. The van der Waals surface area contributed by atoms with Crippen LogP contribution in [0, 0.1) is 0 Å². The van der Waals surface area contributed by atoms with E-state index in [1.807, 2.05) is 12.1 Å². The van der Waals surface area contributed by atoms with E-state index in [2.05, 4.69) is 20.3 Å². The highest BCUT2D eigenvalue weighted by Gasteiger charge is 2.16. The van der Waals surface area contributed by atoms with Crippen LogP contribution in [0.3, 0.4) is 0 Å². The zero-order valence-corrected chi connectivity index (χ0v) is 12.9. The number of amides is 1. The molecule has 120 valence electrons. The van der Waals surface area contributed by atoms with E-state index in [1.54, 1.807) is 36.7 Å². The molecule has 0 saturated carbocycles. The van der Waals surface area contributed by atoms with Gasteiger partial charge in [-0.1, -0.05) is 12.1 Å². The molecule has 0 radical (unpaired) electrons. The molecule has 3 N–H and O–H groups in total. The molecule has 0 atom stereocenters. The smallest absolute Gasteiger partial charge is 0.278 e. The van der Waals surface area contributed by atoms with Crippen LogP contribution in [0.1, 0.15) is 10.5 Å². The highest BCUT2D eigenvalue weighted by molar-refractivity contribution is 6.06. The first-order valence-electron chi connectivity index (χ1n) is 7.16. The summed E-state index contributed by atoms with van der Waals surface area (Å²) < 4.78 is 5.22. The van der Waals surface area contributed by atoms with Gasteiger partial charge in [0.15, 0.2) is 11.5 Å². The fourth-order valence-electron chi connectivity index (χ4n) is 2.15. The Morgan fingerprint density at radius 1 is 1.17 bits per heavy atom. The van der Waals surface area contributed by atoms with Crippen LogP contribution in [-0.2, 0) is 0 Å². The molecule has 0 aliphatic carbocycles. The third kappa shape index (κ3) is 3.14. The van der Waals surface area contributed by atoms with Gasteiger partial charge in [0.1, 0.15) is 5.75 Å². The Bertz CT molecular complexity index is 868. The van der Waals surface area contributed by atoms with Crippen molar-refractivity contribution in [3.63, 3.8) is 0 Å². The van der Waals surface area contributed by atoms with Crippen molar-refractivity contribution >= 4 is 17.4 Å². The Labute approximate surface area is 138 Å². The third-order valence-electron chi connectivity index (χ3n) is 3.33. The summed E-state index contributed by atoms with van der Waals surface area (Å²) in [7, 11) is 1.53. The lowest BCUT2D eigenvalue weighted by Gasteiger charge is -2.11. The lowest BCUT2D eigenvalue weighted by molar-refractivity contribution is 0.102. The summed E-state index contributed by atoms with van der Waals surface area (Å²) in [6.07, 6.45) is 4.80. The van der Waals surface area contributed by atoms with Crippen molar-refractivity contribution in [2.45, 2.75) is 0 Å². The molecule has 3 aromatic rings. The molecule has 0 aliphatic heterocycles. The first-order valence-corrected chi connectivity index (χ1v) is 7.16. The van der Waals surface area contributed by atoms with Crippen LogP contribution in [0.15, 0.2) is 55.0 Å². The Hall–Kier alpha value is -3.48. The van der Waals surface area contributed by atoms with Gasteiger partial charge in [-0.25, -0.2) is 9.97 Å². The van der Waals surface area contributed by atoms with Crippen LogP contribution >= 0.6 is 0 Å². The maximum atomic E-state index is 12.5. The highest BCUT2D eigenvalue weighted by Crippen LogP contribution is 2.24. The number of ether oxygens (including phenoxy) is 1. The topological polar surface area (TPSA) is 103 Å². The van der Waals surface area contributed by atoms with Crippen LogP contribution in [0.5, 0.6) is 5.75 Å². The third-order valence-corrected chi connectivity index (χ3v) is 3.33. The van der Waals surface area contributed by atoms with E-state index in [9.17, 15) is 4.79 Å². The highest BCUT2D eigenvalue weighted by atomic mass is 16.5. The van der Waals surface area contributed by atoms with E-state index in [0.29, 0.717) is 17.1 Å². The molecule has 0 spiro atoms. The fourth-order valence-corrected chi connectivity index (χ4v) is 2.15. The fraction of sp³-hybridized carbons (Fsp3) is 0.0588. The predicted octanol–water partition coefficient (Wildman–Crippen LogP) is 2.38. The number of para-hydroxylation sites is 2. The van der Waals surface area contributed by atoms with Gasteiger partial charge >= 0.3 is 0 Å². The van der Waals surface area contributed by atoms with E-state index >= 15 is 0 Å². The van der Waals surface area contributed by atoms with Crippen LogP contribution in [-0.4, -0.2) is 28.0 Å². The number of carbonyl (C=O) groups is 1. The minimum Gasteiger partial charge on any atom is -0.495 e. The first kappa shape index (κ1) is 15.4. The number of rotatable bonds is 4. The van der Waals surface area contributed by atoms with E-state index in [1.165, 1.54) is 13.3 Å². The van der Waals surface area contributed by atoms with Crippen LogP contribution in [0.4, 0.5) is 11.5 Å². The van der Waals surface area contributed by atoms with Crippen molar-refractivity contribution in [1.29, 1.82) is 0 Å². The second-order valence-electron chi connectivity index (χ2n) is 4.89. The van der Waals surface area contributed by atoms with E-state index in [-0.39, 0.29) is 11.5 Å². The average molecular weight is 321 g/mol. The molecule has 2 aromatic heterocycles. The molecule has 0 aliphatic rings. The van der Waals surface area contributed by atoms with Crippen LogP contribution in [0.25, 0.3) is 11.3 Å². The number of methoxy groups -OCH3 is 1. The zero-order valence-electron chi connectivity index (χ0n) is 12.9. The van der Waals surface area contributed by atoms with Gasteiger partial charge in [0.05, 0.1) is 24.7 Å². The molecule has 0 fully saturated rings. The summed E-state index contributed by atoms with van der Waals surface area (Å²) in [5, 5.41) is 2.74. The minimum atomic E-state index is -0.463. The van der Waals surface area contributed by atoms with Gasteiger partial charge < -0.3 is 15.8 Å². The van der Waals surface area contributed by atoms with Gasteiger partial charge in [0.2, 0.25) is 0 Å². The number of benzene rings is 1. The summed E-state index contributed by atoms with van der Waals surface area (Å²) >= 11 is 0. The average Bonchev–Trinajstić information content (AvgIpc) is 2.63. The largest absolute Gasteiger partial charge is 0.495 e. The number of nitrogens with two attached hydrogens (primary N) is 1. The van der Waals surface area contributed by atoms with Crippen molar-refractivity contribution < 1.29 is 9.53 Å². The molecule has 24 heavy (non-hydrogen) atoms. The van der Waals surface area contributed by atoms with Gasteiger partial charge in [-0.15, -0.1) is 0 Å². The standard InChI is InChI=1S/C17H15N5O2/c1-24-14-7-3-2-6-12(14)22-17(23)15-16(18)20-10-13(21-15)11-5-4-8-19-9-11/h2-10H,1H3,(H2,18,20)(H,22,23). The van der Waals surface area contributed by atoms with Crippen molar-refractivity contribution in [1.82, 2.24) is 15.0 Å². The summed E-state index contributed by atoms with van der Waals surface area (Å²) in [6.45, 7) is 0. The Morgan fingerprint density at radius 2 is 2.00 bits per heavy atom. The minimum absolute atomic E-state index is 0.0438. The maximum absolute atomic E-state index is 12.5. The van der Waals surface area contributed by atoms with Crippen molar-refractivity contribution in [2.24, 2.45) is 0 Å². The number of hydrogen-bond acceptors (Lipinski definition) is 6. The van der Waals surface area contributed by atoms with Crippen molar-refractivity contribution in [3.8, 4) is 17.0 Å². The Kier molecular flexibility index (Phi) is 4.33. The molecular formula is C17H15N5O2. The number of nitrogen functional groups attached to an aromatic ring is 1. The van der Waals surface area contributed by atoms with Crippen molar-refractivity contribution in [3.05, 3.63) is 60.7 Å². The van der Waals surface area contributed by atoms with Gasteiger partial charge in [-0.2, -0.15) is 0 Å². The normalized spacial score (nSPS) is 10.2. The second kappa shape index (κ2) is 6.74. The monoisotopic (exact) mass is 321 g/mol. The number of anilines is 2. The molecule has 7 heteroatoms. The molecule has 2 heterocycles. The quantitative estimate of drug-likeness (QED) is 0.764. The number of pyridine rings is 1. The van der Waals surface area contributed by atoms with Crippen molar-refractivity contribution in [2.75, 3.05) is 18.2 Å². The predicted molar refractivity (Wildman–Crippen MR) is 90.6 cm³/mol. The lowest BCUT2D eigenvalue weighted by atomic mass is 10.2. The molecule has 1 amide bonds. The molecule has 0 bridgehead atoms. The van der Waals surface area contributed by atoms with Gasteiger partial charge in [0, 0.05) is 18.0 Å². The maximum Gasteiger partial charge on any atom is 0.278 e. The number of carbonyl (C=O) groups excluding carboxylic acids is 1. The first-order chi connectivity index (χ1) is 11.7. The van der Waals surface area contributed by atoms with E-state index < -0.39 is 5.91 Å². The Balaban J connectivity index is 1.92. The molecule has 0 unspecified atom stereocenters. The summed E-state index contributed by atoms with van der Waals surface area (Å²) in [6, 6.07) is 10.7. The van der Waals surface area contributed by atoms with Crippen LogP contribution < -0.4 is 15.8 Å². The van der Waals surface area contributed by atoms with Gasteiger partial charge in [0.25, 0.3) is 5.91 Å². The van der Waals surface area contributed by atoms with E-state index in [0.717, 1.165) is 5.56 Å². The molecule has 7 nitrogen and oxygen atoms in total. The number of nitrogens with one attached hydrogen (secondary N) is 1. The molecule has 3 rings (SSSR count). The zero-order chi connectivity index (χ0) is 16.9. The van der Waals surface area contributed by atoms with E-state index in [4.69, 9.17) is 10.5 Å². The lowest BCUT2D eigenvalue weighted by Crippen LogP contribution is -2.17. The number of nitrogens with zero attached hydrogens (tertiary/aromatic N) is 3. The summed E-state index contributed by atoms with van der Waals surface area (Å²) in [5.41, 5.74) is 7.64. The van der Waals surface area contributed by atoms with Gasteiger partial charge in [-0.05, 0) is 24.3 Å². The van der Waals surface area contributed by atoms with Crippen LogP contribution in [0.2, 0.25) is 0 Å². The summed E-state index contributed by atoms with van der Waals surface area (Å²) in [5.74, 6) is 0.131. The summed E-state index contributed by atoms with van der Waals surface area (Å²) in [4.78, 5) is 24.9. The van der Waals surface area contributed by atoms with Gasteiger partial charge in [-0.3, -0.25) is 9.78 Å². The number of hydrogen-bond donors (Lipinski definition) is 2. The number of aromatic nitrogens is 3. The SMILES string of the molecule is COc1ccccc1NC(=O)c1nc(-c2cccnc2)cnc1N. The second-order valence-corrected chi connectivity index (χ2v) is 4.89.